The molecule has 0 aromatic rings. The largest absolute Gasteiger partial charge is 0.369 e. The second-order valence-electron chi connectivity index (χ2n) is 3.85. The van der Waals surface area contributed by atoms with Crippen LogP contribution >= 0.6 is 11.6 Å². The SMILES string of the molecule is C=C(Cl)CNC1CCC(C(N)=O)CC1. The molecule has 1 fully saturated rings. The number of rotatable bonds is 4. The highest BCUT2D eigenvalue weighted by Crippen LogP contribution is 2.23. The highest BCUT2D eigenvalue weighted by Gasteiger charge is 2.23. The predicted molar refractivity (Wildman–Crippen MR) is 57.9 cm³/mol. The van der Waals surface area contributed by atoms with Crippen LogP contribution in [0.2, 0.25) is 0 Å². The predicted octanol–water partition coefficient (Wildman–Crippen LogP) is 1.37. The van der Waals surface area contributed by atoms with E-state index in [1.807, 2.05) is 0 Å². The lowest BCUT2D eigenvalue weighted by atomic mass is 9.85. The van der Waals surface area contributed by atoms with Gasteiger partial charge in [0.1, 0.15) is 0 Å². The lowest BCUT2D eigenvalue weighted by Gasteiger charge is -2.27. The van der Waals surface area contributed by atoms with Gasteiger partial charge in [-0.05, 0) is 25.7 Å². The molecular weight excluding hydrogens is 200 g/mol. The Kier molecular flexibility index (Phi) is 4.42. The summed E-state index contributed by atoms with van der Waals surface area (Å²) < 4.78 is 0. The van der Waals surface area contributed by atoms with Gasteiger partial charge in [0.2, 0.25) is 5.91 Å². The van der Waals surface area contributed by atoms with Gasteiger partial charge >= 0.3 is 0 Å². The number of amides is 1. The normalized spacial score (nSPS) is 27.2. The van der Waals surface area contributed by atoms with Gasteiger partial charge in [-0.25, -0.2) is 0 Å². The van der Waals surface area contributed by atoms with Crippen molar-refractivity contribution in [1.82, 2.24) is 5.32 Å². The van der Waals surface area contributed by atoms with E-state index in [2.05, 4.69) is 11.9 Å². The molecule has 0 atom stereocenters. The Balaban J connectivity index is 2.22. The number of hydrogen-bond donors (Lipinski definition) is 2. The van der Waals surface area contributed by atoms with Crippen molar-refractivity contribution >= 4 is 17.5 Å². The van der Waals surface area contributed by atoms with Gasteiger partial charge in [-0.1, -0.05) is 18.2 Å². The summed E-state index contributed by atoms with van der Waals surface area (Å²) >= 11 is 5.65. The number of nitrogens with two attached hydrogens (primary N) is 1. The van der Waals surface area contributed by atoms with Gasteiger partial charge in [0, 0.05) is 23.5 Å². The van der Waals surface area contributed by atoms with Crippen LogP contribution in [0.1, 0.15) is 25.7 Å². The Morgan fingerprint density at radius 3 is 2.43 bits per heavy atom. The van der Waals surface area contributed by atoms with Crippen molar-refractivity contribution < 1.29 is 4.79 Å². The average Bonchev–Trinajstić information content (AvgIpc) is 2.15. The fourth-order valence-electron chi connectivity index (χ4n) is 1.84. The van der Waals surface area contributed by atoms with Gasteiger partial charge < -0.3 is 11.1 Å². The molecule has 0 heterocycles. The van der Waals surface area contributed by atoms with Gasteiger partial charge in [0.05, 0.1) is 0 Å². The first-order chi connectivity index (χ1) is 6.59. The topological polar surface area (TPSA) is 55.1 Å². The number of carbonyl (C=O) groups excluding carboxylic acids is 1. The van der Waals surface area contributed by atoms with E-state index in [-0.39, 0.29) is 11.8 Å². The number of hydrogen-bond acceptors (Lipinski definition) is 2. The maximum atomic E-state index is 10.9. The third kappa shape index (κ3) is 3.68. The summed E-state index contributed by atoms with van der Waals surface area (Å²) in [6, 6.07) is 0.459. The standard InChI is InChI=1S/C10H17ClN2O/c1-7(11)6-13-9-4-2-8(3-5-9)10(12)14/h8-9,13H,1-6H2,(H2,12,14). The van der Waals surface area contributed by atoms with Gasteiger partial charge in [0.25, 0.3) is 0 Å². The second-order valence-corrected chi connectivity index (χ2v) is 4.38. The maximum absolute atomic E-state index is 10.9. The van der Waals surface area contributed by atoms with Crippen molar-refractivity contribution in [3.63, 3.8) is 0 Å². The third-order valence-corrected chi connectivity index (χ3v) is 2.85. The first-order valence-corrected chi connectivity index (χ1v) is 5.33. The Bertz CT molecular complexity index is 222. The zero-order chi connectivity index (χ0) is 10.6. The van der Waals surface area contributed by atoms with Crippen LogP contribution < -0.4 is 11.1 Å². The summed E-state index contributed by atoms with van der Waals surface area (Å²) in [5, 5.41) is 3.92. The molecule has 0 saturated heterocycles. The van der Waals surface area contributed by atoms with E-state index in [4.69, 9.17) is 17.3 Å². The molecule has 1 rings (SSSR count). The number of primary amides is 1. The van der Waals surface area contributed by atoms with Crippen LogP contribution in [0.15, 0.2) is 11.6 Å². The van der Waals surface area contributed by atoms with E-state index in [9.17, 15) is 4.79 Å². The van der Waals surface area contributed by atoms with Gasteiger partial charge in [-0.2, -0.15) is 0 Å². The molecule has 4 heteroatoms. The fraction of sp³-hybridized carbons (Fsp3) is 0.700. The minimum atomic E-state index is -0.162. The molecular formula is C10H17ClN2O. The molecule has 0 bridgehead atoms. The van der Waals surface area contributed by atoms with Crippen molar-refractivity contribution in [2.24, 2.45) is 11.7 Å². The van der Waals surface area contributed by atoms with Crippen LogP contribution in [-0.4, -0.2) is 18.5 Å². The molecule has 3 N–H and O–H groups in total. The first kappa shape index (κ1) is 11.5. The molecule has 0 radical (unpaired) electrons. The zero-order valence-electron chi connectivity index (χ0n) is 8.26. The molecule has 1 aliphatic rings. The highest BCUT2D eigenvalue weighted by atomic mass is 35.5. The Morgan fingerprint density at radius 1 is 1.43 bits per heavy atom. The first-order valence-electron chi connectivity index (χ1n) is 4.95. The lowest BCUT2D eigenvalue weighted by molar-refractivity contribution is -0.122. The number of nitrogens with one attached hydrogen (secondary N) is 1. The Hall–Kier alpha value is -0.540. The van der Waals surface area contributed by atoms with Crippen LogP contribution in [0, 0.1) is 5.92 Å². The van der Waals surface area contributed by atoms with Crippen LogP contribution in [0.3, 0.4) is 0 Å². The molecule has 1 amide bonds. The molecule has 80 valence electrons. The van der Waals surface area contributed by atoms with E-state index in [1.54, 1.807) is 0 Å². The van der Waals surface area contributed by atoms with Crippen LogP contribution in [0.4, 0.5) is 0 Å². The maximum Gasteiger partial charge on any atom is 0.220 e. The molecule has 0 spiro atoms. The molecule has 3 nitrogen and oxygen atoms in total. The monoisotopic (exact) mass is 216 g/mol. The Morgan fingerprint density at radius 2 is 2.00 bits per heavy atom. The minimum absolute atomic E-state index is 0.0762. The quantitative estimate of drug-likeness (QED) is 0.746. The van der Waals surface area contributed by atoms with Crippen molar-refractivity contribution in [2.45, 2.75) is 31.7 Å². The van der Waals surface area contributed by atoms with Crippen molar-refractivity contribution in [1.29, 1.82) is 0 Å². The second kappa shape index (κ2) is 5.37. The van der Waals surface area contributed by atoms with Gasteiger partial charge in [-0.15, -0.1) is 0 Å². The lowest BCUT2D eigenvalue weighted by Crippen LogP contribution is -2.37. The number of carbonyl (C=O) groups is 1. The van der Waals surface area contributed by atoms with E-state index in [1.165, 1.54) is 0 Å². The summed E-state index contributed by atoms with van der Waals surface area (Å²) in [4.78, 5) is 10.9. The minimum Gasteiger partial charge on any atom is -0.369 e. The Labute approximate surface area is 89.7 Å². The van der Waals surface area contributed by atoms with Crippen LogP contribution in [-0.2, 0) is 4.79 Å². The van der Waals surface area contributed by atoms with Gasteiger partial charge in [0.15, 0.2) is 0 Å². The summed E-state index contributed by atoms with van der Waals surface area (Å²) in [6.45, 7) is 4.26. The molecule has 1 saturated carbocycles. The summed E-state index contributed by atoms with van der Waals surface area (Å²) in [5.74, 6) is -0.0857. The van der Waals surface area contributed by atoms with Gasteiger partial charge in [-0.3, -0.25) is 4.79 Å². The molecule has 14 heavy (non-hydrogen) atoms. The molecule has 0 aliphatic heterocycles. The van der Waals surface area contributed by atoms with E-state index in [0.29, 0.717) is 17.6 Å². The molecule has 0 aromatic heterocycles. The van der Waals surface area contributed by atoms with Crippen LogP contribution in [0.25, 0.3) is 0 Å². The molecule has 0 unspecified atom stereocenters. The fourth-order valence-corrected chi connectivity index (χ4v) is 1.91. The number of halogens is 1. The summed E-state index contributed by atoms with van der Waals surface area (Å²) in [7, 11) is 0. The average molecular weight is 217 g/mol. The third-order valence-electron chi connectivity index (χ3n) is 2.71. The summed E-state index contributed by atoms with van der Waals surface area (Å²) in [6.07, 6.45) is 3.78. The molecule has 1 aliphatic carbocycles. The zero-order valence-corrected chi connectivity index (χ0v) is 9.02. The van der Waals surface area contributed by atoms with E-state index < -0.39 is 0 Å². The van der Waals surface area contributed by atoms with E-state index >= 15 is 0 Å². The highest BCUT2D eigenvalue weighted by molar-refractivity contribution is 6.29. The van der Waals surface area contributed by atoms with E-state index in [0.717, 1.165) is 25.7 Å². The summed E-state index contributed by atoms with van der Waals surface area (Å²) in [5.41, 5.74) is 5.24. The van der Waals surface area contributed by atoms with Crippen molar-refractivity contribution in [2.75, 3.05) is 6.54 Å². The van der Waals surface area contributed by atoms with Crippen molar-refractivity contribution in [3.05, 3.63) is 11.6 Å². The van der Waals surface area contributed by atoms with Crippen LogP contribution in [0.5, 0.6) is 0 Å². The van der Waals surface area contributed by atoms with Crippen molar-refractivity contribution in [3.8, 4) is 0 Å². The smallest absolute Gasteiger partial charge is 0.220 e. The molecule has 0 aromatic carbocycles.